The summed E-state index contributed by atoms with van der Waals surface area (Å²) in [6, 6.07) is 10.2. The van der Waals surface area contributed by atoms with E-state index in [9.17, 15) is 4.79 Å². The number of rotatable bonds is 8. The van der Waals surface area contributed by atoms with E-state index in [0.717, 1.165) is 32.2 Å². The van der Waals surface area contributed by atoms with Crippen molar-refractivity contribution in [1.82, 2.24) is 0 Å². The molecule has 2 unspecified atom stereocenters. The third kappa shape index (κ3) is 5.82. The molecular weight excluding hydrogens is 264 g/mol. The van der Waals surface area contributed by atoms with Crippen LogP contribution in [0.25, 0.3) is 0 Å². The monoisotopic (exact) mass is 288 g/mol. The maximum atomic E-state index is 10.8. The van der Waals surface area contributed by atoms with E-state index in [4.69, 9.17) is 9.47 Å². The molecule has 0 N–H and O–H groups in total. The number of benzene rings is 1. The number of hydrogen-bond donors (Lipinski definition) is 0. The molecule has 1 aromatic rings. The van der Waals surface area contributed by atoms with Crippen molar-refractivity contribution in [3.8, 4) is 0 Å². The Hall–Kier alpha value is -1.45. The maximum absolute atomic E-state index is 10.8. The van der Waals surface area contributed by atoms with Gasteiger partial charge < -0.3 is 14.3 Å². The summed E-state index contributed by atoms with van der Waals surface area (Å²) < 4.78 is 11.2. The van der Waals surface area contributed by atoms with Gasteiger partial charge in [-0.25, -0.2) is 0 Å². The summed E-state index contributed by atoms with van der Waals surface area (Å²) in [5.74, 6) is 0.255. The van der Waals surface area contributed by atoms with Crippen molar-refractivity contribution < 1.29 is 14.3 Å². The van der Waals surface area contributed by atoms with Crippen LogP contribution in [-0.2, 0) is 14.3 Å². The normalized spacial score (nSPS) is 20.5. The van der Waals surface area contributed by atoms with Crippen LogP contribution in [0.15, 0.2) is 42.5 Å². The Morgan fingerprint density at radius 3 is 2.76 bits per heavy atom. The summed E-state index contributed by atoms with van der Waals surface area (Å²) >= 11 is 0. The van der Waals surface area contributed by atoms with E-state index < -0.39 is 0 Å². The summed E-state index contributed by atoms with van der Waals surface area (Å²) in [6.07, 6.45) is 9.82. The third-order valence-electron chi connectivity index (χ3n) is 3.76. The van der Waals surface area contributed by atoms with Gasteiger partial charge >= 0.3 is 0 Å². The molecule has 3 nitrogen and oxygen atoms in total. The van der Waals surface area contributed by atoms with E-state index in [1.807, 2.05) is 24.3 Å². The van der Waals surface area contributed by atoms with Crippen molar-refractivity contribution in [2.75, 3.05) is 13.2 Å². The van der Waals surface area contributed by atoms with E-state index in [0.29, 0.717) is 13.0 Å². The first-order valence-electron chi connectivity index (χ1n) is 7.77. The average Bonchev–Trinajstić information content (AvgIpc) is 2.55. The van der Waals surface area contributed by atoms with E-state index in [1.165, 1.54) is 12.0 Å². The largest absolute Gasteiger partial charge is 0.353 e. The summed E-state index contributed by atoms with van der Waals surface area (Å²) in [7, 11) is 0. The summed E-state index contributed by atoms with van der Waals surface area (Å²) in [5.41, 5.74) is 1.21. The molecule has 1 aliphatic heterocycles. The Labute approximate surface area is 127 Å². The van der Waals surface area contributed by atoms with Crippen molar-refractivity contribution in [3.63, 3.8) is 0 Å². The molecule has 0 saturated carbocycles. The zero-order valence-electron chi connectivity index (χ0n) is 12.4. The van der Waals surface area contributed by atoms with Crippen LogP contribution in [0.5, 0.6) is 0 Å². The molecule has 3 heteroatoms. The second kappa shape index (κ2) is 9.48. The van der Waals surface area contributed by atoms with Gasteiger partial charge in [0.25, 0.3) is 0 Å². The van der Waals surface area contributed by atoms with E-state index in [-0.39, 0.29) is 12.2 Å². The van der Waals surface area contributed by atoms with Crippen LogP contribution in [0.2, 0.25) is 0 Å². The molecule has 1 saturated heterocycles. The van der Waals surface area contributed by atoms with Crippen LogP contribution in [0.3, 0.4) is 0 Å². The minimum Gasteiger partial charge on any atom is -0.353 e. The maximum Gasteiger partial charge on any atom is 0.157 e. The Morgan fingerprint density at radius 1 is 1.19 bits per heavy atom. The van der Waals surface area contributed by atoms with E-state index >= 15 is 0 Å². The van der Waals surface area contributed by atoms with Gasteiger partial charge in [0.15, 0.2) is 6.29 Å². The predicted molar refractivity (Wildman–Crippen MR) is 83.2 cm³/mol. The lowest BCUT2D eigenvalue weighted by atomic mass is 9.93. The van der Waals surface area contributed by atoms with E-state index in [1.54, 1.807) is 0 Å². The number of allylic oxidation sites excluding steroid dienone is 1. The predicted octanol–water partition coefficient (Wildman–Crippen LogP) is 3.85. The van der Waals surface area contributed by atoms with Crippen molar-refractivity contribution in [2.24, 2.45) is 0 Å². The highest BCUT2D eigenvalue weighted by molar-refractivity contribution is 5.51. The van der Waals surface area contributed by atoms with Crippen LogP contribution in [0.4, 0.5) is 0 Å². The highest BCUT2D eigenvalue weighted by Crippen LogP contribution is 2.22. The quantitative estimate of drug-likeness (QED) is 0.538. The summed E-state index contributed by atoms with van der Waals surface area (Å²) in [6.45, 7) is 1.39. The van der Waals surface area contributed by atoms with Crippen molar-refractivity contribution >= 4 is 6.29 Å². The van der Waals surface area contributed by atoms with Crippen LogP contribution in [-0.4, -0.2) is 25.8 Å². The highest BCUT2D eigenvalue weighted by atomic mass is 16.7. The van der Waals surface area contributed by atoms with Gasteiger partial charge in [-0.2, -0.15) is 0 Å². The fourth-order valence-electron chi connectivity index (χ4n) is 2.54. The van der Waals surface area contributed by atoms with Gasteiger partial charge in [-0.3, -0.25) is 0 Å². The van der Waals surface area contributed by atoms with Gasteiger partial charge in [-0.05, 0) is 37.2 Å². The zero-order chi connectivity index (χ0) is 14.8. The van der Waals surface area contributed by atoms with Crippen LogP contribution < -0.4 is 0 Å². The first-order valence-corrected chi connectivity index (χ1v) is 7.77. The lowest BCUT2D eigenvalue weighted by Crippen LogP contribution is -2.22. The molecule has 0 amide bonds. The molecule has 21 heavy (non-hydrogen) atoms. The SMILES string of the molecule is O=CCC(C/C=C/COC1CCCCO1)c1ccccc1. The summed E-state index contributed by atoms with van der Waals surface area (Å²) in [5, 5.41) is 0. The first-order chi connectivity index (χ1) is 10.4. The molecule has 2 atom stereocenters. The number of hydrogen-bond acceptors (Lipinski definition) is 3. The van der Waals surface area contributed by atoms with Gasteiger partial charge in [0.2, 0.25) is 0 Å². The smallest absolute Gasteiger partial charge is 0.157 e. The number of ether oxygens (including phenoxy) is 2. The Balaban J connectivity index is 1.73. The topological polar surface area (TPSA) is 35.5 Å². The molecule has 0 bridgehead atoms. The second-order valence-corrected chi connectivity index (χ2v) is 5.35. The second-order valence-electron chi connectivity index (χ2n) is 5.35. The van der Waals surface area contributed by atoms with Crippen molar-refractivity contribution in [2.45, 2.75) is 44.3 Å². The molecule has 1 heterocycles. The molecule has 1 aromatic carbocycles. The lowest BCUT2D eigenvalue weighted by Gasteiger charge is -2.21. The third-order valence-corrected chi connectivity index (χ3v) is 3.76. The fourth-order valence-corrected chi connectivity index (χ4v) is 2.54. The van der Waals surface area contributed by atoms with Crippen LogP contribution in [0, 0.1) is 0 Å². The highest BCUT2D eigenvalue weighted by Gasteiger charge is 2.13. The minimum atomic E-state index is -0.0386. The molecule has 0 aliphatic carbocycles. The molecule has 1 fully saturated rings. The van der Waals surface area contributed by atoms with Crippen LogP contribution in [0.1, 0.15) is 43.6 Å². The summed E-state index contributed by atoms with van der Waals surface area (Å²) in [4.78, 5) is 10.8. The number of carbonyl (C=O) groups is 1. The van der Waals surface area contributed by atoms with Gasteiger partial charge in [0, 0.05) is 13.0 Å². The molecule has 114 valence electrons. The van der Waals surface area contributed by atoms with Crippen molar-refractivity contribution in [3.05, 3.63) is 48.0 Å². The standard InChI is InChI=1S/C18H24O3/c19-13-12-17(16-8-2-1-3-9-16)10-4-6-14-20-18-11-5-7-15-21-18/h1-4,6,8-9,13,17-18H,5,7,10-12,14-15H2/b6-4+. The van der Waals surface area contributed by atoms with Crippen LogP contribution >= 0.6 is 0 Å². The van der Waals surface area contributed by atoms with Gasteiger partial charge in [0.05, 0.1) is 6.61 Å². The minimum absolute atomic E-state index is 0.0386. The van der Waals surface area contributed by atoms with Gasteiger partial charge in [-0.1, -0.05) is 42.5 Å². The van der Waals surface area contributed by atoms with E-state index in [2.05, 4.69) is 18.2 Å². The van der Waals surface area contributed by atoms with Crippen molar-refractivity contribution in [1.29, 1.82) is 0 Å². The zero-order valence-corrected chi connectivity index (χ0v) is 12.4. The Kier molecular flexibility index (Phi) is 7.19. The molecule has 0 spiro atoms. The fraction of sp³-hybridized carbons (Fsp3) is 0.500. The van der Waals surface area contributed by atoms with Gasteiger partial charge in [0.1, 0.15) is 6.29 Å². The average molecular weight is 288 g/mol. The number of aldehydes is 1. The Morgan fingerprint density at radius 2 is 2.05 bits per heavy atom. The number of carbonyl (C=O) groups excluding carboxylic acids is 1. The molecule has 2 rings (SSSR count). The molecular formula is C18H24O3. The Bertz CT molecular complexity index is 421. The lowest BCUT2D eigenvalue weighted by molar-refractivity contribution is -0.155. The molecule has 0 radical (unpaired) electrons. The molecule has 1 aliphatic rings. The molecule has 0 aromatic heterocycles. The van der Waals surface area contributed by atoms with Gasteiger partial charge in [-0.15, -0.1) is 0 Å². The first kappa shape index (κ1) is 15.9.